The van der Waals surface area contributed by atoms with Crippen molar-refractivity contribution in [3.8, 4) is 0 Å². The SMILES string of the molecule is Cn1cc(Br)cc1C(=O)N[C@@H](CO)C(=O)O. The maximum atomic E-state index is 11.6. The van der Waals surface area contributed by atoms with Crippen LogP contribution >= 0.6 is 15.9 Å². The zero-order valence-corrected chi connectivity index (χ0v) is 10.1. The summed E-state index contributed by atoms with van der Waals surface area (Å²) in [4.78, 5) is 22.2. The van der Waals surface area contributed by atoms with E-state index in [1.165, 1.54) is 0 Å². The predicted octanol–water partition coefficient (Wildman–Crippen LogP) is -0.0371. The van der Waals surface area contributed by atoms with E-state index in [2.05, 4.69) is 21.2 Å². The van der Waals surface area contributed by atoms with Crippen molar-refractivity contribution in [2.75, 3.05) is 6.61 Å². The van der Waals surface area contributed by atoms with E-state index >= 15 is 0 Å². The van der Waals surface area contributed by atoms with Gasteiger partial charge in [0.1, 0.15) is 5.69 Å². The summed E-state index contributed by atoms with van der Waals surface area (Å²) in [7, 11) is 1.66. The van der Waals surface area contributed by atoms with E-state index in [0.717, 1.165) is 4.47 Å². The Morgan fingerprint density at radius 2 is 2.25 bits per heavy atom. The second kappa shape index (κ2) is 5.13. The molecule has 0 aliphatic heterocycles. The molecule has 1 aromatic heterocycles. The number of carboxylic acids is 1. The minimum Gasteiger partial charge on any atom is -0.480 e. The molecule has 1 rings (SSSR count). The van der Waals surface area contributed by atoms with E-state index < -0.39 is 24.5 Å². The van der Waals surface area contributed by atoms with E-state index in [0.29, 0.717) is 5.69 Å². The lowest BCUT2D eigenvalue weighted by Gasteiger charge is -2.11. The lowest BCUT2D eigenvalue weighted by molar-refractivity contribution is -0.140. The van der Waals surface area contributed by atoms with Crippen LogP contribution in [-0.4, -0.2) is 39.3 Å². The Hall–Kier alpha value is -1.34. The molecule has 0 aliphatic rings. The molecule has 0 bridgehead atoms. The summed E-state index contributed by atoms with van der Waals surface area (Å²) in [6.07, 6.45) is 1.67. The predicted molar refractivity (Wildman–Crippen MR) is 59.1 cm³/mol. The molecule has 0 unspecified atom stereocenters. The van der Waals surface area contributed by atoms with Gasteiger partial charge in [0.15, 0.2) is 6.04 Å². The number of carbonyl (C=O) groups is 2. The van der Waals surface area contributed by atoms with Crippen molar-refractivity contribution in [3.05, 3.63) is 22.4 Å². The van der Waals surface area contributed by atoms with Crippen LogP contribution in [-0.2, 0) is 11.8 Å². The van der Waals surface area contributed by atoms with Crippen LogP contribution in [0.3, 0.4) is 0 Å². The van der Waals surface area contributed by atoms with Crippen molar-refractivity contribution in [1.82, 2.24) is 9.88 Å². The number of aliphatic hydroxyl groups excluding tert-OH is 1. The number of aromatic nitrogens is 1. The minimum absolute atomic E-state index is 0.312. The van der Waals surface area contributed by atoms with Gasteiger partial charge in [0.2, 0.25) is 0 Å². The van der Waals surface area contributed by atoms with Crippen LogP contribution in [0.2, 0.25) is 0 Å². The highest BCUT2D eigenvalue weighted by atomic mass is 79.9. The first-order valence-electron chi connectivity index (χ1n) is 4.42. The molecule has 1 amide bonds. The third-order valence-corrected chi connectivity index (χ3v) is 2.42. The first kappa shape index (κ1) is 12.7. The molecule has 0 radical (unpaired) electrons. The number of rotatable bonds is 4. The fraction of sp³-hybridized carbons (Fsp3) is 0.333. The van der Waals surface area contributed by atoms with Crippen LogP contribution in [0.4, 0.5) is 0 Å². The smallest absolute Gasteiger partial charge is 0.328 e. The molecular weight excluding hydrogens is 280 g/mol. The summed E-state index contributed by atoms with van der Waals surface area (Å²) in [5.41, 5.74) is 0.312. The standard InChI is InChI=1S/C9H11BrN2O4/c1-12-3-5(10)2-7(12)8(14)11-6(4-13)9(15)16/h2-3,6,13H,4H2,1H3,(H,11,14)(H,15,16)/t6-/m0/s1. The second-order valence-corrected chi connectivity index (χ2v) is 4.12. The molecule has 1 atom stereocenters. The van der Waals surface area contributed by atoms with Crippen molar-refractivity contribution < 1.29 is 19.8 Å². The summed E-state index contributed by atoms with van der Waals surface area (Å²) in [5, 5.41) is 19.6. The quantitative estimate of drug-likeness (QED) is 0.726. The van der Waals surface area contributed by atoms with Gasteiger partial charge in [-0.2, -0.15) is 0 Å². The number of amides is 1. The van der Waals surface area contributed by atoms with Gasteiger partial charge >= 0.3 is 5.97 Å². The van der Waals surface area contributed by atoms with Crippen molar-refractivity contribution in [2.45, 2.75) is 6.04 Å². The Morgan fingerprint density at radius 3 is 2.62 bits per heavy atom. The average molecular weight is 291 g/mol. The zero-order chi connectivity index (χ0) is 12.3. The Morgan fingerprint density at radius 1 is 1.62 bits per heavy atom. The van der Waals surface area contributed by atoms with Crippen LogP contribution in [0, 0.1) is 0 Å². The summed E-state index contributed by atoms with van der Waals surface area (Å²) >= 11 is 3.20. The third-order valence-electron chi connectivity index (χ3n) is 1.99. The number of nitrogens with one attached hydrogen (secondary N) is 1. The molecule has 0 aliphatic carbocycles. The van der Waals surface area contributed by atoms with Crippen LogP contribution < -0.4 is 5.32 Å². The molecule has 1 aromatic rings. The van der Waals surface area contributed by atoms with Gasteiger partial charge in [-0.25, -0.2) is 4.79 Å². The topological polar surface area (TPSA) is 91.6 Å². The fourth-order valence-electron chi connectivity index (χ4n) is 1.17. The van der Waals surface area contributed by atoms with Crippen LogP contribution in [0.15, 0.2) is 16.7 Å². The highest BCUT2D eigenvalue weighted by molar-refractivity contribution is 9.10. The van der Waals surface area contributed by atoms with Gasteiger partial charge in [-0.15, -0.1) is 0 Å². The molecule has 0 saturated carbocycles. The number of hydrogen-bond donors (Lipinski definition) is 3. The first-order chi connectivity index (χ1) is 7.45. The van der Waals surface area contributed by atoms with Crippen molar-refractivity contribution in [1.29, 1.82) is 0 Å². The molecule has 1 heterocycles. The van der Waals surface area contributed by atoms with E-state index in [4.69, 9.17) is 10.2 Å². The molecule has 0 saturated heterocycles. The second-order valence-electron chi connectivity index (χ2n) is 3.20. The molecule has 88 valence electrons. The number of carboxylic acid groups (broad SMARTS) is 1. The lowest BCUT2D eigenvalue weighted by Crippen LogP contribution is -2.43. The highest BCUT2D eigenvalue weighted by Gasteiger charge is 2.21. The van der Waals surface area contributed by atoms with Gasteiger partial charge in [0.05, 0.1) is 6.61 Å². The normalized spacial score (nSPS) is 12.2. The lowest BCUT2D eigenvalue weighted by atomic mass is 10.3. The molecule has 0 fully saturated rings. The van der Waals surface area contributed by atoms with Crippen LogP contribution in [0.25, 0.3) is 0 Å². The summed E-state index contributed by atoms with van der Waals surface area (Å²) in [6.45, 7) is -0.646. The number of halogens is 1. The Kier molecular flexibility index (Phi) is 4.08. The number of aliphatic carboxylic acids is 1. The van der Waals surface area contributed by atoms with Crippen LogP contribution in [0.5, 0.6) is 0 Å². The van der Waals surface area contributed by atoms with E-state index in [-0.39, 0.29) is 0 Å². The monoisotopic (exact) mass is 290 g/mol. The van der Waals surface area contributed by atoms with Crippen molar-refractivity contribution in [2.24, 2.45) is 7.05 Å². The highest BCUT2D eigenvalue weighted by Crippen LogP contribution is 2.13. The van der Waals surface area contributed by atoms with Gasteiger partial charge in [0, 0.05) is 17.7 Å². The number of aryl methyl sites for hydroxylation is 1. The van der Waals surface area contributed by atoms with E-state index in [1.807, 2.05) is 0 Å². The maximum absolute atomic E-state index is 11.6. The summed E-state index contributed by atoms with van der Waals surface area (Å²) in [6, 6.07) is 0.271. The minimum atomic E-state index is -1.29. The third kappa shape index (κ3) is 2.83. The molecule has 3 N–H and O–H groups in total. The zero-order valence-electron chi connectivity index (χ0n) is 8.48. The fourth-order valence-corrected chi connectivity index (χ4v) is 1.69. The number of nitrogens with zero attached hydrogens (tertiary/aromatic N) is 1. The van der Waals surface area contributed by atoms with Gasteiger partial charge in [-0.3, -0.25) is 4.79 Å². The van der Waals surface area contributed by atoms with Crippen LogP contribution in [0.1, 0.15) is 10.5 Å². The molecule has 16 heavy (non-hydrogen) atoms. The largest absolute Gasteiger partial charge is 0.480 e. The molecule has 0 aromatic carbocycles. The maximum Gasteiger partial charge on any atom is 0.328 e. The van der Waals surface area contributed by atoms with Gasteiger partial charge in [0.25, 0.3) is 5.91 Å². The first-order valence-corrected chi connectivity index (χ1v) is 5.21. The Labute approximate surface area is 100 Å². The summed E-state index contributed by atoms with van der Waals surface area (Å²) < 4.78 is 2.27. The number of carbonyl (C=O) groups excluding carboxylic acids is 1. The Balaban J connectivity index is 2.79. The summed E-state index contributed by atoms with van der Waals surface area (Å²) in [5.74, 6) is -1.82. The van der Waals surface area contributed by atoms with Crippen molar-refractivity contribution in [3.63, 3.8) is 0 Å². The average Bonchev–Trinajstić information content (AvgIpc) is 2.53. The van der Waals surface area contributed by atoms with Gasteiger partial charge < -0.3 is 20.1 Å². The van der Waals surface area contributed by atoms with Gasteiger partial charge in [-0.1, -0.05) is 0 Å². The molecule has 0 spiro atoms. The number of aliphatic hydroxyl groups is 1. The molecular formula is C9H11BrN2O4. The molecule has 6 nitrogen and oxygen atoms in total. The Bertz CT molecular complexity index is 416. The number of hydrogen-bond acceptors (Lipinski definition) is 3. The molecule has 7 heteroatoms. The van der Waals surface area contributed by atoms with Gasteiger partial charge in [-0.05, 0) is 22.0 Å². The van der Waals surface area contributed by atoms with E-state index in [9.17, 15) is 9.59 Å². The van der Waals surface area contributed by atoms with E-state index in [1.54, 1.807) is 23.9 Å². The van der Waals surface area contributed by atoms with Crippen molar-refractivity contribution >= 4 is 27.8 Å².